The summed E-state index contributed by atoms with van der Waals surface area (Å²) in [7, 11) is 1.70. The molecule has 0 radical (unpaired) electrons. The summed E-state index contributed by atoms with van der Waals surface area (Å²) < 4.78 is 10.5. The van der Waals surface area contributed by atoms with Crippen molar-refractivity contribution in [2.75, 3.05) is 26.8 Å². The van der Waals surface area contributed by atoms with Crippen LogP contribution in [-0.2, 0) is 14.3 Å². The maximum Gasteiger partial charge on any atom is 0.249 e. The number of nitrogens with one attached hydrogen (secondary N) is 1. The molecule has 5 nitrogen and oxygen atoms in total. The second-order valence-electron chi connectivity index (χ2n) is 4.40. The highest BCUT2D eigenvalue weighted by Crippen LogP contribution is 2.18. The zero-order valence-electron chi connectivity index (χ0n) is 10.6. The number of carbonyl (C=O) groups is 1. The summed E-state index contributed by atoms with van der Waals surface area (Å²) in [5, 5.41) is 2.90. The van der Waals surface area contributed by atoms with Crippen LogP contribution < -0.4 is 11.1 Å². The van der Waals surface area contributed by atoms with Crippen molar-refractivity contribution in [1.82, 2.24) is 5.32 Å². The fourth-order valence-corrected chi connectivity index (χ4v) is 1.95. The molecule has 1 fully saturated rings. The SMILES string of the molecule is COCCCCCNC(=O)[C@@H]1CC[C@H](CN)O1. The molecule has 0 saturated carbocycles. The van der Waals surface area contributed by atoms with E-state index >= 15 is 0 Å². The Morgan fingerprint density at radius 1 is 1.41 bits per heavy atom. The number of hydrogen-bond acceptors (Lipinski definition) is 4. The highest BCUT2D eigenvalue weighted by Gasteiger charge is 2.29. The summed E-state index contributed by atoms with van der Waals surface area (Å²) in [6, 6.07) is 0. The molecule has 5 heteroatoms. The smallest absolute Gasteiger partial charge is 0.249 e. The molecule has 0 aromatic carbocycles. The predicted octanol–water partition coefficient (Wildman–Crippen LogP) is 0.426. The lowest BCUT2D eigenvalue weighted by molar-refractivity contribution is -0.131. The molecule has 1 aliphatic heterocycles. The molecular weight excluding hydrogens is 220 g/mol. The molecule has 0 aromatic heterocycles. The maximum atomic E-state index is 11.7. The van der Waals surface area contributed by atoms with E-state index in [4.69, 9.17) is 15.2 Å². The van der Waals surface area contributed by atoms with Gasteiger partial charge in [0, 0.05) is 26.8 Å². The largest absolute Gasteiger partial charge is 0.385 e. The van der Waals surface area contributed by atoms with E-state index < -0.39 is 0 Å². The summed E-state index contributed by atoms with van der Waals surface area (Å²) in [6.45, 7) is 2.01. The van der Waals surface area contributed by atoms with E-state index in [9.17, 15) is 4.79 Å². The van der Waals surface area contributed by atoms with E-state index in [2.05, 4.69) is 5.32 Å². The minimum atomic E-state index is -0.289. The average molecular weight is 244 g/mol. The van der Waals surface area contributed by atoms with Crippen LogP contribution in [0.3, 0.4) is 0 Å². The van der Waals surface area contributed by atoms with Gasteiger partial charge in [-0.3, -0.25) is 4.79 Å². The minimum absolute atomic E-state index is 0.00712. The summed E-state index contributed by atoms with van der Waals surface area (Å²) >= 11 is 0. The van der Waals surface area contributed by atoms with E-state index in [-0.39, 0.29) is 18.1 Å². The Morgan fingerprint density at radius 2 is 2.24 bits per heavy atom. The molecule has 100 valence electrons. The number of carbonyl (C=O) groups excluding carboxylic acids is 1. The predicted molar refractivity (Wildman–Crippen MR) is 65.7 cm³/mol. The molecule has 1 rings (SSSR count). The lowest BCUT2D eigenvalue weighted by Gasteiger charge is -2.12. The van der Waals surface area contributed by atoms with Crippen molar-refractivity contribution in [3.63, 3.8) is 0 Å². The maximum absolute atomic E-state index is 11.7. The van der Waals surface area contributed by atoms with E-state index in [1.807, 2.05) is 0 Å². The summed E-state index contributed by atoms with van der Waals surface area (Å²) in [5.74, 6) is 0.00712. The van der Waals surface area contributed by atoms with Gasteiger partial charge in [-0.25, -0.2) is 0 Å². The second kappa shape index (κ2) is 8.44. The Bertz CT molecular complexity index is 224. The van der Waals surface area contributed by atoms with Gasteiger partial charge in [0.2, 0.25) is 5.91 Å². The topological polar surface area (TPSA) is 73.6 Å². The molecule has 0 aromatic rings. The molecule has 17 heavy (non-hydrogen) atoms. The van der Waals surface area contributed by atoms with Gasteiger partial charge in [-0.2, -0.15) is 0 Å². The van der Waals surface area contributed by atoms with Crippen LogP contribution in [0.5, 0.6) is 0 Å². The van der Waals surface area contributed by atoms with Crippen LogP contribution in [0, 0.1) is 0 Å². The molecule has 0 spiro atoms. The minimum Gasteiger partial charge on any atom is -0.385 e. The Morgan fingerprint density at radius 3 is 2.88 bits per heavy atom. The van der Waals surface area contributed by atoms with E-state index in [1.54, 1.807) is 7.11 Å². The quantitative estimate of drug-likeness (QED) is 0.607. The van der Waals surface area contributed by atoms with Crippen LogP contribution in [0.4, 0.5) is 0 Å². The zero-order chi connectivity index (χ0) is 12.5. The highest BCUT2D eigenvalue weighted by atomic mass is 16.5. The number of ether oxygens (including phenoxy) is 2. The van der Waals surface area contributed by atoms with Crippen molar-refractivity contribution < 1.29 is 14.3 Å². The van der Waals surface area contributed by atoms with E-state index in [1.165, 1.54) is 0 Å². The fourth-order valence-electron chi connectivity index (χ4n) is 1.95. The first-order valence-electron chi connectivity index (χ1n) is 6.40. The molecule has 3 N–H and O–H groups in total. The van der Waals surface area contributed by atoms with Gasteiger partial charge in [0.1, 0.15) is 6.10 Å². The van der Waals surface area contributed by atoms with Crippen LogP contribution in [0.15, 0.2) is 0 Å². The van der Waals surface area contributed by atoms with Crippen molar-refractivity contribution in [3.05, 3.63) is 0 Å². The summed E-state index contributed by atoms with van der Waals surface area (Å²) in [4.78, 5) is 11.7. The van der Waals surface area contributed by atoms with Gasteiger partial charge < -0.3 is 20.5 Å². The Balaban J connectivity index is 2.01. The number of amides is 1. The molecule has 2 atom stereocenters. The third-order valence-corrected chi connectivity index (χ3v) is 2.99. The first-order chi connectivity index (χ1) is 8.27. The Kier molecular flexibility index (Phi) is 7.16. The first kappa shape index (κ1) is 14.4. The van der Waals surface area contributed by atoms with Gasteiger partial charge in [-0.1, -0.05) is 0 Å². The molecule has 0 unspecified atom stereocenters. The van der Waals surface area contributed by atoms with Gasteiger partial charge in [0.05, 0.1) is 6.10 Å². The average Bonchev–Trinajstić information content (AvgIpc) is 2.82. The van der Waals surface area contributed by atoms with E-state index in [0.717, 1.165) is 45.3 Å². The number of methoxy groups -OCH3 is 1. The number of unbranched alkanes of at least 4 members (excludes halogenated alkanes) is 2. The molecule has 0 aliphatic carbocycles. The van der Waals surface area contributed by atoms with Gasteiger partial charge in [-0.05, 0) is 32.1 Å². The zero-order valence-corrected chi connectivity index (χ0v) is 10.6. The van der Waals surface area contributed by atoms with Crippen molar-refractivity contribution in [2.45, 2.75) is 44.3 Å². The van der Waals surface area contributed by atoms with Crippen LogP contribution in [0.2, 0.25) is 0 Å². The van der Waals surface area contributed by atoms with Crippen LogP contribution in [0.1, 0.15) is 32.1 Å². The fraction of sp³-hybridized carbons (Fsp3) is 0.917. The van der Waals surface area contributed by atoms with E-state index in [0.29, 0.717) is 6.54 Å². The molecular formula is C12H24N2O3. The highest BCUT2D eigenvalue weighted by molar-refractivity contribution is 5.80. The van der Waals surface area contributed by atoms with Gasteiger partial charge in [0.25, 0.3) is 0 Å². The van der Waals surface area contributed by atoms with Crippen molar-refractivity contribution in [2.24, 2.45) is 5.73 Å². The number of nitrogens with two attached hydrogens (primary N) is 1. The summed E-state index contributed by atoms with van der Waals surface area (Å²) in [5.41, 5.74) is 5.50. The second-order valence-corrected chi connectivity index (χ2v) is 4.40. The summed E-state index contributed by atoms with van der Waals surface area (Å²) in [6.07, 6.45) is 4.56. The lowest BCUT2D eigenvalue weighted by Crippen LogP contribution is -2.36. The van der Waals surface area contributed by atoms with Gasteiger partial charge in [-0.15, -0.1) is 0 Å². The normalized spacial score (nSPS) is 23.9. The van der Waals surface area contributed by atoms with Crippen LogP contribution in [-0.4, -0.2) is 44.9 Å². The lowest BCUT2D eigenvalue weighted by atomic mass is 10.2. The molecule has 1 heterocycles. The monoisotopic (exact) mass is 244 g/mol. The Labute approximate surface area is 103 Å². The molecule has 1 amide bonds. The van der Waals surface area contributed by atoms with Crippen LogP contribution in [0.25, 0.3) is 0 Å². The first-order valence-corrected chi connectivity index (χ1v) is 6.40. The van der Waals surface area contributed by atoms with Crippen molar-refractivity contribution in [1.29, 1.82) is 0 Å². The number of hydrogen-bond donors (Lipinski definition) is 2. The van der Waals surface area contributed by atoms with Crippen LogP contribution >= 0.6 is 0 Å². The molecule has 1 aliphatic rings. The third kappa shape index (κ3) is 5.48. The number of rotatable bonds is 8. The van der Waals surface area contributed by atoms with Gasteiger partial charge in [0.15, 0.2) is 0 Å². The third-order valence-electron chi connectivity index (χ3n) is 2.99. The standard InChI is InChI=1S/C12H24N2O3/c1-16-8-4-2-3-7-14-12(15)11-6-5-10(9-13)17-11/h10-11H,2-9,13H2,1H3,(H,14,15)/t10-,11+/m1/s1. The molecule has 1 saturated heterocycles. The van der Waals surface area contributed by atoms with Crippen molar-refractivity contribution in [3.8, 4) is 0 Å². The molecule has 0 bridgehead atoms. The Hall–Kier alpha value is -0.650. The van der Waals surface area contributed by atoms with Crippen molar-refractivity contribution >= 4 is 5.91 Å². The van der Waals surface area contributed by atoms with Gasteiger partial charge >= 0.3 is 0 Å².